The van der Waals surface area contributed by atoms with Crippen molar-refractivity contribution in [1.82, 2.24) is 10.6 Å². The summed E-state index contributed by atoms with van der Waals surface area (Å²) >= 11 is 6.35. The number of benzene rings is 1. The van der Waals surface area contributed by atoms with Crippen molar-refractivity contribution >= 4 is 23.6 Å². The third-order valence-electron chi connectivity index (χ3n) is 4.11. The minimum Gasteiger partial charge on any atom is -0.481 e. The average Bonchev–Trinajstić information content (AvgIpc) is 2.54. The Hall–Kier alpha value is -1.79. The highest BCUT2D eigenvalue weighted by Gasteiger charge is 2.36. The zero-order chi connectivity index (χ0) is 16.7. The Morgan fingerprint density at radius 1 is 1.22 bits per heavy atom. The van der Waals surface area contributed by atoms with E-state index in [9.17, 15) is 9.59 Å². The molecule has 7 heteroatoms. The number of halogens is 1. The van der Waals surface area contributed by atoms with Crippen molar-refractivity contribution in [2.45, 2.75) is 24.7 Å². The summed E-state index contributed by atoms with van der Waals surface area (Å²) < 4.78 is 5.45. The van der Waals surface area contributed by atoms with Gasteiger partial charge in [-0.1, -0.05) is 29.8 Å². The van der Waals surface area contributed by atoms with E-state index in [4.69, 9.17) is 21.4 Å². The number of carboxylic acid groups (broad SMARTS) is 1. The molecule has 23 heavy (non-hydrogen) atoms. The molecule has 6 nitrogen and oxygen atoms in total. The van der Waals surface area contributed by atoms with Gasteiger partial charge in [0.25, 0.3) is 0 Å². The van der Waals surface area contributed by atoms with Gasteiger partial charge in [-0.15, -0.1) is 0 Å². The van der Waals surface area contributed by atoms with E-state index in [1.165, 1.54) is 0 Å². The van der Waals surface area contributed by atoms with E-state index in [0.29, 0.717) is 24.8 Å². The lowest BCUT2D eigenvalue weighted by Gasteiger charge is -2.38. The minimum atomic E-state index is -0.942. The van der Waals surface area contributed by atoms with Crippen molar-refractivity contribution < 1.29 is 19.4 Å². The minimum absolute atomic E-state index is 0.100. The molecule has 1 saturated heterocycles. The fraction of sp³-hybridized carbons (Fsp3) is 0.500. The highest BCUT2D eigenvalue weighted by molar-refractivity contribution is 6.31. The highest BCUT2D eigenvalue weighted by Crippen LogP contribution is 2.38. The molecule has 1 fully saturated rings. The van der Waals surface area contributed by atoms with Crippen LogP contribution in [0.25, 0.3) is 0 Å². The van der Waals surface area contributed by atoms with Crippen molar-refractivity contribution in [3.05, 3.63) is 34.9 Å². The summed E-state index contributed by atoms with van der Waals surface area (Å²) in [5, 5.41) is 14.6. The lowest BCUT2D eigenvalue weighted by molar-refractivity contribution is -0.136. The zero-order valence-electron chi connectivity index (χ0n) is 12.8. The number of carbonyl (C=O) groups is 2. The molecule has 3 N–H and O–H groups in total. The Bertz CT molecular complexity index is 559. The maximum absolute atomic E-state index is 11.8. The number of carboxylic acids is 1. The number of hydrogen-bond acceptors (Lipinski definition) is 3. The van der Waals surface area contributed by atoms with E-state index in [2.05, 4.69) is 10.6 Å². The maximum Gasteiger partial charge on any atom is 0.314 e. The van der Waals surface area contributed by atoms with Crippen molar-refractivity contribution in [2.24, 2.45) is 0 Å². The molecule has 0 aliphatic carbocycles. The Balaban J connectivity index is 2.01. The fourth-order valence-electron chi connectivity index (χ4n) is 2.79. The normalized spacial score (nSPS) is 16.6. The predicted molar refractivity (Wildman–Crippen MR) is 86.8 cm³/mol. The van der Waals surface area contributed by atoms with Gasteiger partial charge in [-0.25, -0.2) is 4.79 Å². The van der Waals surface area contributed by atoms with Crippen LogP contribution < -0.4 is 10.6 Å². The quantitative estimate of drug-likeness (QED) is 0.740. The van der Waals surface area contributed by atoms with Crippen LogP contribution in [0.1, 0.15) is 24.8 Å². The van der Waals surface area contributed by atoms with Gasteiger partial charge in [-0.05, 0) is 24.5 Å². The second kappa shape index (κ2) is 8.17. The van der Waals surface area contributed by atoms with Crippen LogP contribution in [0.3, 0.4) is 0 Å². The first-order valence-corrected chi connectivity index (χ1v) is 7.97. The Labute approximate surface area is 140 Å². The summed E-state index contributed by atoms with van der Waals surface area (Å²) in [6.07, 6.45) is 1.44. The Morgan fingerprint density at radius 3 is 2.57 bits per heavy atom. The van der Waals surface area contributed by atoms with Gasteiger partial charge in [0.05, 0.1) is 6.42 Å². The number of rotatable bonds is 6. The molecule has 126 valence electrons. The van der Waals surface area contributed by atoms with Gasteiger partial charge >= 0.3 is 12.0 Å². The second-order valence-electron chi connectivity index (χ2n) is 5.63. The molecule has 0 radical (unpaired) electrons. The van der Waals surface area contributed by atoms with Gasteiger partial charge in [-0.3, -0.25) is 4.79 Å². The van der Waals surface area contributed by atoms with Crippen molar-refractivity contribution in [3.63, 3.8) is 0 Å². The van der Waals surface area contributed by atoms with Crippen LogP contribution >= 0.6 is 11.6 Å². The van der Waals surface area contributed by atoms with Gasteiger partial charge in [0.2, 0.25) is 0 Å². The number of urea groups is 1. The molecule has 0 bridgehead atoms. The third-order valence-corrected chi connectivity index (χ3v) is 4.44. The van der Waals surface area contributed by atoms with E-state index in [-0.39, 0.29) is 24.4 Å². The average molecular weight is 341 g/mol. The molecule has 2 amide bonds. The Kier molecular flexibility index (Phi) is 6.24. The standard InChI is InChI=1S/C16H21ClN2O4/c17-13-4-2-1-3-12(13)16(6-9-23-10-7-16)11-19-15(22)18-8-5-14(20)21/h1-4H,5-11H2,(H,20,21)(H2,18,19,22). The van der Waals surface area contributed by atoms with Crippen LogP contribution in [0.5, 0.6) is 0 Å². The van der Waals surface area contributed by atoms with E-state index in [1.54, 1.807) is 0 Å². The smallest absolute Gasteiger partial charge is 0.314 e. The predicted octanol–water partition coefficient (Wildman–Crippen LogP) is 2.16. The van der Waals surface area contributed by atoms with Gasteiger partial charge in [0.15, 0.2) is 0 Å². The fourth-order valence-corrected chi connectivity index (χ4v) is 3.13. The van der Waals surface area contributed by atoms with Crippen LogP contribution in [0.4, 0.5) is 4.79 Å². The number of nitrogens with one attached hydrogen (secondary N) is 2. The number of carbonyl (C=O) groups excluding carboxylic acids is 1. The van der Waals surface area contributed by atoms with Crippen LogP contribution in [-0.2, 0) is 14.9 Å². The summed E-state index contributed by atoms with van der Waals surface area (Å²) in [4.78, 5) is 22.3. The SMILES string of the molecule is O=C(O)CCNC(=O)NCC1(c2ccccc2Cl)CCOCC1. The molecule has 1 aromatic carbocycles. The summed E-state index contributed by atoms with van der Waals surface area (Å²) in [7, 11) is 0. The van der Waals surface area contributed by atoms with Gasteiger partial charge < -0.3 is 20.5 Å². The largest absolute Gasteiger partial charge is 0.481 e. The number of aliphatic carboxylic acids is 1. The summed E-state index contributed by atoms with van der Waals surface area (Å²) in [6, 6.07) is 7.28. The molecular weight excluding hydrogens is 320 g/mol. The van der Waals surface area contributed by atoms with E-state index < -0.39 is 5.97 Å². The summed E-state index contributed by atoms with van der Waals surface area (Å²) in [5.41, 5.74) is 0.747. The van der Waals surface area contributed by atoms with Crippen LogP contribution in [0, 0.1) is 0 Å². The van der Waals surface area contributed by atoms with Gasteiger partial charge in [0.1, 0.15) is 0 Å². The first-order chi connectivity index (χ1) is 11.0. The van der Waals surface area contributed by atoms with Crippen molar-refractivity contribution in [2.75, 3.05) is 26.3 Å². The number of ether oxygens (including phenoxy) is 1. The lowest BCUT2D eigenvalue weighted by atomic mass is 9.74. The summed E-state index contributed by atoms with van der Waals surface area (Å²) in [5.74, 6) is -0.942. The molecule has 0 unspecified atom stereocenters. The highest BCUT2D eigenvalue weighted by atomic mass is 35.5. The second-order valence-corrected chi connectivity index (χ2v) is 6.03. The first kappa shape index (κ1) is 17.6. The maximum atomic E-state index is 11.8. The molecule has 1 heterocycles. The molecule has 0 saturated carbocycles. The molecule has 1 aliphatic heterocycles. The molecule has 0 atom stereocenters. The molecule has 1 aliphatic rings. The third kappa shape index (κ3) is 4.84. The van der Waals surface area contributed by atoms with Crippen molar-refractivity contribution in [3.8, 4) is 0 Å². The number of amides is 2. The molecule has 0 spiro atoms. The lowest BCUT2D eigenvalue weighted by Crippen LogP contribution is -2.47. The number of hydrogen-bond donors (Lipinski definition) is 3. The topological polar surface area (TPSA) is 87.7 Å². The monoisotopic (exact) mass is 340 g/mol. The summed E-state index contributed by atoms with van der Waals surface area (Å²) in [6.45, 7) is 1.77. The van der Waals surface area contributed by atoms with E-state index in [1.807, 2.05) is 24.3 Å². The van der Waals surface area contributed by atoms with Gasteiger partial charge in [0, 0.05) is 36.7 Å². The molecule has 1 aromatic rings. The van der Waals surface area contributed by atoms with Crippen molar-refractivity contribution in [1.29, 1.82) is 0 Å². The van der Waals surface area contributed by atoms with Gasteiger partial charge in [-0.2, -0.15) is 0 Å². The van der Waals surface area contributed by atoms with E-state index in [0.717, 1.165) is 18.4 Å². The van der Waals surface area contributed by atoms with Crippen LogP contribution in [0.15, 0.2) is 24.3 Å². The molecule has 0 aromatic heterocycles. The Morgan fingerprint density at radius 2 is 1.91 bits per heavy atom. The van der Waals surface area contributed by atoms with Crippen LogP contribution in [0.2, 0.25) is 5.02 Å². The molecular formula is C16H21ClN2O4. The first-order valence-electron chi connectivity index (χ1n) is 7.60. The van der Waals surface area contributed by atoms with Crippen LogP contribution in [-0.4, -0.2) is 43.4 Å². The zero-order valence-corrected chi connectivity index (χ0v) is 13.6. The van der Waals surface area contributed by atoms with E-state index >= 15 is 0 Å². The molecule has 2 rings (SSSR count).